The molecule has 2 aromatic carbocycles. The number of nitrogens with zero attached hydrogens (tertiary/aromatic N) is 6. The lowest BCUT2D eigenvalue weighted by molar-refractivity contribution is 0.0693. The van der Waals surface area contributed by atoms with Gasteiger partial charge in [-0.2, -0.15) is 5.10 Å². The highest BCUT2D eigenvalue weighted by Gasteiger charge is 2.46. The SMILES string of the molecule is CC(C)(C)c1ccc(OCc2cn(CC3C(C4CC4)CCN3C(=O)c3cn(C(C)(C)C)nc3-c3ccc(F)cc3F)nn2)cc1. The molecule has 238 valence electrons. The molecular formula is C35H42F2N6O2. The number of carbonyl (C=O) groups excluding carboxylic acids is 1. The Morgan fingerprint density at radius 1 is 0.978 bits per heavy atom. The van der Waals surface area contributed by atoms with Gasteiger partial charge in [-0.05, 0) is 87.1 Å². The molecule has 4 aromatic rings. The fraction of sp³-hybridized carbons (Fsp3) is 0.486. The highest BCUT2D eigenvalue weighted by molar-refractivity contribution is 6.00. The number of halogens is 2. The highest BCUT2D eigenvalue weighted by atomic mass is 19.1. The number of benzene rings is 2. The number of aromatic nitrogens is 5. The first-order valence-electron chi connectivity index (χ1n) is 15.8. The summed E-state index contributed by atoms with van der Waals surface area (Å²) in [7, 11) is 0. The van der Waals surface area contributed by atoms with E-state index in [4.69, 9.17) is 4.74 Å². The molecule has 10 heteroatoms. The molecular weight excluding hydrogens is 574 g/mol. The standard InChI is InChI=1S/C35H42F2N6O2/c1-34(2,3)23-9-12-26(13-10-23)45-21-25-18-41(40-38-25)20-31-27(22-7-8-22)15-16-42(31)33(44)29-19-43(35(4,5)6)39-32(29)28-14-11-24(36)17-30(28)37/h9-14,17-19,22,27,31H,7-8,15-16,20-21H2,1-6H3. The molecule has 6 rings (SSSR count). The summed E-state index contributed by atoms with van der Waals surface area (Å²) >= 11 is 0. The van der Waals surface area contributed by atoms with Crippen molar-refractivity contribution >= 4 is 5.91 Å². The average Bonchev–Trinajstić information content (AvgIpc) is 3.35. The van der Waals surface area contributed by atoms with E-state index in [9.17, 15) is 13.6 Å². The number of ether oxygens (including phenoxy) is 1. The topological polar surface area (TPSA) is 78.1 Å². The minimum Gasteiger partial charge on any atom is -0.487 e. The van der Waals surface area contributed by atoms with Gasteiger partial charge in [0.05, 0.1) is 29.9 Å². The summed E-state index contributed by atoms with van der Waals surface area (Å²) in [5.74, 6) is 0.0362. The predicted molar refractivity (Wildman–Crippen MR) is 168 cm³/mol. The van der Waals surface area contributed by atoms with Crippen LogP contribution in [0.2, 0.25) is 0 Å². The Morgan fingerprint density at radius 3 is 2.36 bits per heavy atom. The maximum atomic E-state index is 15.0. The van der Waals surface area contributed by atoms with Crippen molar-refractivity contribution in [2.24, 2.45) is 11.8 Å². The number of hydrogen-bond acceptors (Lipinski definition) is 5. The van der Waals surface area contributed by atoms with E-state index < -0.39 is 17.2 Å². The van der Waals surface area contributed by atoms with Gasteiger partial charge in [-0.1, -0.05) is 38.1 Å². The maximum Gasteiger partial charge on any atom is 0.258 e. The van der Waals surface area contributed by atoms with E-state index in [-0.39, 0.29) is 35.2 Å². The molecule has 3 heterocycles. The van der Waals surface area contributed by atoms with Crippen LogP contribution in [-0.4, -0.2) is 48.2 Å². The van der Waals surface area contributed by atoms with Crippen LogP contribution >= 0.6 is 0 Å². The number of amides is 1. The van der Waals surface area contributed by atoms with E-state index in [2.05, 4.69) is 48.3 Å². The molecule has 1 aliphatic heterocycles. The molecule has 2 unspecified atom stereocenters. The molecule has 0 bridgehead atoms. The van der Waals surface area contributed by atoms with Gasteiger partial charge in [0.1, 0.15) is 35.4 Å². The lowest BCUT2D eigenvalue weighted by Gasteiger charge is -2.28. The van der Waals surface area contributed by atoms with Crippen molar-refractivity contribution in [1.82, 2.24) is 29.7 Å². The van der Waals surface area contributed by atoms with Crippen LogP contribution in [0.5, 0.6) is 5.75 Å². The molecule has 8 nitrogen and oxygen atoms in total. The van der Waals surface area contributed by atoms with Crippen molar-refractivity contribution in [3.8, 4) is 17.0 Å². The summed E-state index contributed by atoms with van der Waals surface area (Å²) in [5, 5.41) is 13.4. The van der Waals surface area contributed by atoms with Crippen LogP contribution < -0.4 is 4.74 Å². The van der Waals surface area contributed by atoms with E-state index in [0.29, 0.717) is 36.2 Å². The number of carbonyl (C=O) groups is 1. The third kappa shape index (κ3) is 6.65. The molecule has 2 aromatic heterocycles. The molecule has 2 fully saturated rings. The molecule has 45 heavy (non-hydrogen) atoms. The summed E-state index contributed by atoms with van der Waals surface area (Å²) in [6, 6.07) is 11.4. The van der Waals surface area contributed by atoms with Crippen LogP contribution in [0.25, 0.3) is 11.3 Å². The van der Waals surface area contributed by atoms with E-state index in [1.54, 1.807) is 15.6 Å². The van der Waals surface area contributed by atoms with E-state index in [1.807, 2.05) is 44.0 Å². The van der Waals surface area contributed by atoms with Crippen molar-refractivity contribution < 1.29 is 18.3 Å². The quantitative estimate of drug-likeness (QED) is 0.213. The number of hydrogen-bond donors (Lipinski definition) is 0. The largest absolute Gasteiger partial charge is 0.487 e. The Kier molecular flexibility index (Phi) is 8.03. The van der Waals surface area contributed by atoms with Gasteiger partial charge < -0.3 is 9.64 Å². The first kappa shape index (κ1) is 30.9. The Morgan fingerprint density at radius 2 is 1.71 bits per heavy atom. The lowest BCUT2D eigenvalue weighted by Crippen LogP contribution is -2.41. The summed E-state index contributed by atoms with van der Waals surface area (Å²) < 4.78 is 38.2. The monoisotopic (exact) mass is 616 g/mol. The Labute approximate surface area is 263 Å². The van der Waals surface area contributed by atoms with Crippen LogP contribution in [0.4, 0.5) is 8.78 Å². The van der Waals surface area contributed by atoms with Crippen molar-refractivity contribution in [3.63, 3.8) is 0 Å². The zero-order chi connectivity index (χ0) is 32.1. The van der Waals surface area contributed by atoms with Gasteiger partial charge in [0.25, 0.3) is 5.91 Å². The van der Waals surface area contributed by atoms with E-state index >= 15 is 0 Å². The third-order valence-corrected chi connectivity index (χ3v) is 8.97. The van der Waals surface area contributed by atoms with Crippen molar-refractivity contribution in [1.29, 1.82) is 0 Å². The van der Waals surface area contributed by atoms with Crippen molar-refractivity contribution in [2.75, 3.05) is 6.54 Å². The van der Waals surface area contributed by atoms with Crippen LogP contribution in [0, 0.1) is 23.5 Å². The molecule has 1 aliphatic carbocycles. The van der Waals surface area contributed by atoms with Crippen molar-refractivity contribution in [2.45, 2.75) is 91.0 Å². The van der Waals surface area contributed by atoms with Gasteiger partial charge in [0.2, 0.25) is 0 Å². The minimum atomic E-state index is -0.750. The third-order valence-electron chi connectivity index (χ3n) is 8.97. The highest BCUT2D eigenvalue weighted by Crippen LogP contribution is 2.45. The summed E-state index contributed by atoms with van der Waals surface area (Å²) in [6.07, 6.45) is 6.78. The Balaban J connectivity index is 1.22. The van der Waals surface area contributed by atoms with Crippen molar-refractivity contribution in [3.05, 3.63) is 83.3 Å². The second kappa shape index (κ2) is 11.7. The number of likely N-dealkylation sites (tertiary alicyclic amines) is 1. The molecule has 1 saturated heterocycles. The summed E-state index contributed by atoms with van der Waals surface area (Å²) in [5.41, 5.74) is 2.20. The second-order valence-electron chi connectivity index (χ2n) is 14.5. The predicted octanol–water partition coefficient (Wildman–Crippen LogP) is 6.99. The molecule has 2 aliphatic rings. The smallest absolute Gasteiger partial charge is 0.258 e. The van der Waals surface area contributed by atoms with E-state index in [1.165, 1.54) is 17.7 Å². The molecule has 0 spiro atoms. The first-order valence-corrected chi connectivity index (χ1v) is 15.8. The Bertz CT molecular complexity index is 1680. The molecule has 0 radical (unpaired) electrons. The van der Waals surface area contributed by atoms with Crippen LogP contribution in [0.1, 0.15) is 82.4 Å². The second-order valence-corrected chi connectivity index (χ2v) is 14.5. The molecule has 2 atom stereocenters. The molecule has 1 saturated carbocycles. The van der Waals surface area contributed by atoms with Gasteiger partial charge >= 0.3 is 0 Å². The van der Waals surface area contributed by atoms with Crippen LogP contribution in [0.3, 0.4) is 0 Å². The zero-order valence-electron chi connectivity index (χ0n) is 26.9. The molecule has 1 amide bonds. The zero-order valence-corrected chi connectivity index (χ0v) is 26.9. The van der Waals surface area contributed by atoms with Gasteiger partial charge in [-0.15, -0.1) is 5.10 Å². The minimum absolute atomic E-state index is 0.0703. The van der Waals surface area contributed by atoms with Gasteiger partial charge in [-0.3, -0.25) is 14.2 Å². The fourth-order valence-electron chi connectivity index (χ4n) is 6.24. The van der Waals surface area contributed by atoms with Gasteiger partial charge in [-0.25, -0.2) is 8.78 Å². The van der Waals surface area contributed by atoms with Crippen LogP contribution in [-0.2, 0) is 24.1 Å². The summed E-state index contributed by atoms with van der Waals surface area (Å²) in [4.78, 5) is 16.2. The lowest BCUT2D eigenvalue weighted by atomic mass is 9.87. The first-order chi connectivity index (χ1) is 21.3. The fourth-order valence-corrected chi connectivity index (χ4v) is 6.24. The maximum absolute atomic E-state index is 15.0. The van der Waals surface area contributed by atoms with Crippen LogP contribution in [0.15, 0.2) is 54.9 Å². The number of rotatable bonds is 8. The summed E-state index contributed by atoms with van der Waals surface area (Å²) in [6.45, 7) is 13.8. The Hall–Kier alpha value is -4.08. The van der Waals surface area contributed by atoms with E-state index in [0.717, 1.165) is 31.1 Å². The van der Waals surface area contributed by atoms with Gasteiger partial charge in [0, 0.05) is 24.4 Å². The van der Waals surface area contributed by atoms with Gasteiger partial charge in [0.15, 0.2) is 0 Å². The average molecular weight is 617 g/mol. The molecule has 0 N–H and O–H groups in total. The normalized spacial score (nSPS) is 18.9.